The predicted molar refractivity (Wildman–Crippen MR) is 114 cm³/mol. The van der Waals surface area contributed by atoms with Gasteiger partial charge in [0, 0.05) is 27.7 Å². The second-order valence-corrected chi connectivity index (χ2v) is 8.87. The van der Waals surface area contributed by atoms with E-state index in [0.717, 1.165) is 22.9 Å². The summed E-state index contributed by atoms with van der Waals surface area (Å²) < 4.78 is 32.0. The molecule has 1 heterocycles. The van der Waals surface area contributed by atoms with Crippen molar-refractivity contribution in [2.75, 3.05) is 6.61 Å². The monoisotopic (exact) mass is 448 g/mol. The number of esters is 1. The van der Waals surface area contributed by atoms with Crippen LogP contribution in [0.3, 0.4) is 0 Å². The van der Waals surface area contributed by atoms with Gasteiger partial charge in [-0.1, -0.05) is 36.7 Å². The molecule has 0 fully saturated rings. The maximum atomic E-state index is 12.5. The Morgan fingerprint density at radius 3 is 2.53 bits per heavy atom. The smallest absolute Gasteiger partial charge is 0.324 e. The maximum absolute atomic E-state index is 12.5. The molecule has 0 saturated carbocycles. The first kappa shape index (κ1) is 22.0. The number of carbonyl (C=O) groups excluding carboxylic acids is 2. The number of benzene rings is 2. The molecule has 0 saturated heterocycles. The molecule has 0 aliphatic heterocycles. The lowest BCUT2D eigenvalue weighted by Crippen LogP contribution is -2.40. The number of halogens is 1. The molecule has 1 unspecified atom stereocenters. The van der Waals surface area contributed by atoms with Crippen LogP contribution in [-0.2, 0) is 26.0 Å². The summed E-state index contributed by atoms with van der Waals surface area (Å²) in [5.74, 6) is -1.23. The quantitative estimate of drug-likeness (QED) is 0.405. The van der Waals surface area contributed by atoms with E-state index in [0.29, 0.717) is 10.6 Å². The Bertz CT molecular complexity index is 1190. The minimum Gasteiger partial charge on any atom is -0.456 e. The lowest BCUT2D eigenvalue weighted by atomic mass is 10.1. The number of carbonyl (C=O) groups is 2. The maximum Gasteiger partial charge on any atom is 0.324 e. The zero-order chi connectivity index (χ0) is 21.9. The number of para-hydroxylation sites is 1. The van der Waals surface area contributed by atoms with Crippen molar-refractivity contribution in [3.8, 4) is 0 Å². The Morgan fingerprint density at radius 1 is 1.17 bits per heavy atom. The molecule has 30 heavy (non-hydrogen) atoms. The number of rotatable bonds is 8. The topological polar surface area (TPSA) is 105 Å². The van der Waals surface area contributed by atoms with E-state index in [-0.39, 0.29) is 10.7 Å². The van der Waals surface area contributed by atoms with Crippen molar-refractivity contribution in [1.29, 1.82) is 0 Å². The summed E-state index contributed by atoms with van der Waals surface area (Å²) in [6.07, 6.45) is 2.40. The van der Waals surface area contributed by atoms with Crippen LogP contribution in [-0.4, -0.2) is 37.8 Å². The molecule has 0 radical (unpaired) electrons. The van der Waals surface area contributed by atoms with Gasteiger partial charge in [0.2, 0.25) is 15.8 Å². The molecule has 1 atom stereocenters. The number of sulfonamides is 1. The summed E-state index contributed by atoms with van der Waals surface area (Å²) in [6.45, 7) is 2.88. The number of aromatic amines is 1. The molecule has 0 bridgehead atoms. The Morgan fingerprint density at radius 2 is 1.87 bits per heavy atom. The Balaban J connectivity index is 1.64. The summed E-state index contributed by atoms with van der Waals surface area (Å²) in [5, 5.41) is 1.15. The van der Waals surface area contributed by atoms with Crippen LogP contribution in [0.1, 0.15) is 29.8 Å². The molecule has 0 aliphatic carbocycles. The van der Waals surface area contributed by atoms with Gasteiger partial charge < -0.3 is 9.72 Å². The highest BCUT2D eigenvalue weighted by atomic mass is 35.5. The van der Waals surface area contributed by atoms with Gasteiger partial charge in [-0.25, -0.2) is 8.42 Å². The summed E-state index contributed by atoms with van der Waals surface area (Å²) in [6, 6.07) is 10.0. The van der Waals surface area contributed by atoms with Crippen molar-refractivity contribution in [3.63, 3.8) is 0 Å². The number of hydrogen-bond acceptors (Lipinski definition) is 5. The molecule has 0 aliphatic rings. The third-order valence-electron chi connectivity index (χ3n) is 4.64. The van der Waals surface area contributed by atoms with E-state index in [1.807, 2.05) is 25.1 Å². The van der Waals surface area contributed by atoms with Crippen LogP contribution in [0.5, 0.6) is 0 Å². The summed E-state index contributed by atoms with van der Waals surface area (Å²) in [7, 11) is -3.94. The molecule has 2 N–H and O–H groups in total. The largest absolute Gasteiger partial charge is 0.456 e. The number of ketones is 1. The van der Waals surface area contributed by atoms with Gasteiger partial charge in [-0.15, -0.1) is 0 Å². The third kappa shape index (κ3) is 4.72. The molecule has 2 aromatic carbocycles. The van der Waals surface area contributed by atoms with Gasteiger partial charge >= 0.3 is 5.97 Å². The molecular weight excluding hydrogens is 428 g/mol. The zero-order valence-corrected chi connectivity index (χ0v) is 18.0. The Kier molecular flexibility index (Phi) is 6.60. The van der Waals surface area contributed by atoms with E-state index in [4.69, 9.17) is 16.3 Å². The highest BCUT2D eigenvalue weighted by Gasteiger charge is 2.24. The first-order chi connectivity index (χ1) is 14.2. The van der Waals surface area contributed by atoms with Crippen molar-refractivity contribution >= 4 is 44.3 Å². The fourth-order valence-electron chi connectivity index (χ4n) is 3.04. The third-order valence-corrected chi connectivity index (χ3v) is 6.45. The SMILES string of the molecule is CCc1cccc2c(C(=O)COC(=O)C(C)NS(=O)(=O)c3ccc(Cl)cc3)c[nH]c12. The van der Waals surface area contributed by atoms with Crippen LogP contribution >= 0.6 is 11.6 Å². The van der Waals surface area contributed by atoms with Gasteiger partial charge in [0.05, 0.1) is 4.90 Å². The van der Waals surface area contributed by atoms with E-state index in [1.54, 1.807) is 6.20 Å². The normalized spacial score (nSPS) is 12.6. The second-order valence-electron chi connectivity index (χ2n) is 6.72. The fourth-order valence-corrected chi connectivity index (χ4v) is 4.36. The number of aryl methyl sites for hydroxylation is 1. The zero-order valence-electron chi connectivity index (χ0n) is 16.4. The van der Waals surface area contributed by atoms with Crippen LogP contribution < -0.4 is 4.72 Å². The van der Waals surface area contributed by atoms with E-state index < -0.39 is 28.6 Å². The van der Waals surface area contributed by atoms with Gasteiger partial charge in [0.1, 0.15) is 6.04 Å². The van der Waals surface area contributed by atoms with E-state index in [9.17, 15) is 18.0 Å². The summed E-state index contributed by atoms with van der Waals surface area (Å²) in [5.41, 5.74) is 2.37. The van der Waals surface area contributed by atoms with Crippen LogP contribution in [0.15, 0.2) is 53.6 Å². The molecule has 0 amide bonds. The average molecular weight is 449 g/mol. The molecule has 3 aromatic rings. The lowest BCUT2D eigenvalue weighted by molar-refractivity contribution is -0.144. The Hall–Kier alpha value is -2.68. The lowest BCUT2D eigenvalue weighted by Gasteiger charge is -2.13. The molecule has 158 valence electrons. The van der Waals surface area contributed by atoms with Gasteiger partial charge in [-0.05, 0) is 43.2 Å². The highest BCUT2D eigenvalue weighted by Crippen LogP contribution is 2.22. The van der Waals surface area contributed by atoms with Crippen LogP contribution in [0.4, 0.5) is 0 Å². The molecule has 9 heteroatoms. The highest BCUT2D eigenvalue weighted by molar-refractivity contribution is 7.89. The van der Waals surface area contributed by atoms with Gasteiger partial charge in [-0.2, -0.15) is 4.72 Å². The molecule has 3 rings (SSSR count). The predicted octanol–water partition coefficient (Wildman–Crippen LogP) is 3.48. The van der Waals surface area contributed by atoms with Gasteiger partial charge in [-0.3, -0.25) is 9.59 Å². The second kappa shape index (κ2) is 8.99. The number of hydrogen-bond donors (Lipinski definition) is 2. The first-order valence-corrected chi connectivity index (χ1v) is 11.2. The minimum atomic E-state index is -3.94. The fraction of sp³-hybridized carbons (Fsp3) is 0.238. The number of nitrogens with one attached hydrogen (secondary N) is 2. The van der Waals surface area contributed by atoms with E-state index in [2.05, 4.69) is 9.71 Å². The van der Waals surface area contributed by atoms with Crippen molar-refractivity contribution in [3.05, 3.63) is 64.8 Å². The van der Waals surface area contributed by atoms with Crippen molar-refractivity contribution in [2.24, 2.45) is 0 Å². The van der Waals surface area contributed by atoms with Crippen molar-refractivity contribution in [2.45, 2.75) is 31.2 Å². The van der Waals surface area contributed by atoms with Crippen molar-refractivity contribution in [1.82, 2.24) is 9.71 Å². The molecular formula is C21H21ClN2O5S. The van der Waals surface area contributed by atoms with Gasteiger partial charge in [0.25, 0.3) is 0 Å². The van der Waals surface area contributed by atoms with E-state index >= 15 is 0 Å². The first-order valence-electron chi connectivity index (χ1n) is 9.29. The van der Waals surface area contributed by atoms with Crippen molar-refractivity contribution < 1.29 is 22.7 Å². The number of H-pyrrole nitrogens is 1. The number of fused-ring (bicyclic) bond motifs is 1. The standard InChI is InChI=1S/C21H21ClN2O5S/c1-3-14-5-4-6-17-18(11-23-20(14)17)19(25)12-29-21(26)13(2)24-30(27,28)16-9-7-15(22)8-10-16/h4-11,13,23-24H,3,12H2,1-2H3. The van der Waals surface area contributed by atoms with Crippen LogP contribution in [0.2, 0.25) is 5.02 Å². The Labute approximate surface area is 179 Å². The van der Waals surface area contributed by atoms with E-state index in [1.165, 1.54) is 31.2 Å². The summed E-state index contributed by atoms with van der Waals surface area (Å²) >= 11 is 5.76. The van der Waals surface area contributed by atoms with Gasteiger partial charge in [0.15, 0.2) is 6.61 Å². The number of ether oxygens (including phenoxy) is 1. The minimum absolute atomic E-state index is 0.0341. The molecule has 1 aromatic heterocycles. The van der Waals surface area contributed by atoms with Crippen LogP contribution in [0, 0.1) is 0 Å². The summed E-state index contributed by atoms with van der Waals surface area (Å²) in [4.78, 5) is 27.8. The molecule has 0 spiro atoms. The number of aromatic nitrogens is 1. The number of Topliss-reactive ketones (excluding diaryl/α,β-unsaturated/α-hetero) is 1. The van der Waals surface area contributed by atoms with Crippen LogP contribution in [0.25, 0.3) is 10.9 Å². The average Bonchev–Trinajstić information content (AvgIpc) is 3.16. The molecule has 7 nitrogen and oxygen atoms in total.